The molecule has 1 aliphatic heterocycles. The summed E-state index contributed by atoms with van der Waals surface area (Å²) in [5, 5.41) is 4.54. The van der Waals surface area contributed by atoms with Gasteiger partial charge in [-0.25, -0.2) is 0 Å². The zero-order chi connectivity index (χ0) is 10.7. The lowest BCUT2D eigenvalue weighted by atomic mass is 10.1. The summed E-state index contributed by atoms with van der Waals surface area (Å²) < 4.78 is 0. The fourth-order valence-electron chi connectivity index (χ4n) is 1.33. The maximum absolute atomic E-state index is 4.54. The van der Waals surface area contributed by atoms with E-state index in [1.807, 2.05) is 23.5 Å². The van der Waals surface area contributed by atoms with E-state index in [1.165, 1.54) is 4.88 Å². The van der Waals surface area contributed by atoms with E-state index in [9.17, 15) is 0 Å². The van der Waals surface area contributed by atoms with Crippen molar-refractivity contribution in [2.45, 2.75) is 26.4 Å². The highest BCUT2D eigenvalue weighted by molar-refractivity contribution is 8.14. The Morgan fingerprint density at radius 2 is 2.53 bits per heavy atom. The topological polar surface area (TPSA) is 37.3 Å². The quantitative estimate of drug-likeness (QED) is 0.882. The smallest absolute Gasteiger partial charge is 0.157 e. The maximum atomic E-state index is 4.54. The molecule has 15 heavy (non-hydrogen) atoms. The lowest BCUT2D eigenvalue weighted by molar-refractivity contribution is 0.503. The van der Waals surface area contributed by atoms with Crippen LogP contribution in [0.15, 0.2) is 16.7 Å². The highest BCUT2D eigenvalue weighted by atomic mass is 32.2. The summed E-state index contributed by atoms with van der Waals surface area (Å²) in [7, 11) is 0. The second-order valence-electron chi connectivity index (χ2n) is 3.89. The molecule has 1 aromatic heterocycles. The molecule has 0 spiro atoms. The second kappa shape index (κ2) is 4.99. The lowest BCUT2D eigenvalue weighted by Gasteiger charge is -2.12. The Kier molecular flexibility index (Phi) is 3.64. The maximum Gasteiger partial charge on any atom is 0.157 e. The van der Waals surface area contributed by atoms with Crippen LogP contribution in [0.2, 0.25) is 0 Å². The fourth-order valence-corrected chi connectivity index (χ4v) is 3.05. The van der Waals surface area contributed by atoms with Crippen LogP contribution in [0.1, 0.15) is 18.7 Å². The van der Waals surface area contributed by atoms with Gasteiger partial charge < -0.3 is 5.32 Å². The fraction of sp³-hybridized carbons (Fsp3) is 0.600. The van der Waals surface area contributed by atoms with Crippen LogP contribution < -0.4 is 5.32 Å². The normalized spacial score (nSPS) is 23.7. The van der Waals surface area contributed by atoms with Crippen molar-refractivity contribution in [3.8, 4) is 0 Å². The Morgan fingerprint density at radius 3 is 3.13 bits per heavy atom. The zero-order valence-electron chi connectivity index (χ0n) is 8.93. The molecule has 0 aromatic carbocycles. The third kappa shape index (κ3) is 2.95. The van der Waals surface area contributed by atoms with Crippen LogP contribution in [-0.4, -0.2) is 21.9 Å². The molecule has 1 aromatic rings. The Balaban J connectivity index is 1.88. The van der Waals surface area contributed by atoms with Crippen LogP contribution in [0.25, 0.3) is 0 Å². The number of nitrogens with zero attached hydrogens (tertiary/aromatic N) is 2. The standard InChI is InChI=1S/C10H15N3S2/c1-7(2)9-5-14-10(13-9)12-4-8-3-11-6-15-8/h3,6-7,9H,4-5H2,1-2H3,(H,12,13)/t9-/m1/s1. The van der Waals surface area contributed by atoms with Gasteiger partial charge in [0.05, 0.1) is 12.1 Å². The molecule has 0 saturated carbocycles. The molecule has 0 radical (unpaired) electrons. The predicted molar refractivity (Wildman–Crippen MR) is 67.5 cm³/mol. The van der Waals surface area contributed by atoms with Crippen molar-refractivity contribution in [2.75, 3.05) is 5.75 Å². The molecule has 1 aliphatic rings. The Hall–Kier alpha value is -0.550. The molecule has 0 bridgehead atoms. The first-order valence-electron chi connectivity index (χ1n) is 5.07. The molecule has 0 aliphatic carbocycles. The van der Waals surface area contributed by atoms with Crippen molar-refractivity contribution in [1.29, 1.82) is 0 Å². The molecule has 5 heteroatoms. The van der Waals surface area contributed by atoms with E-state index in [0.717, 1.165) is 17.5 Å². The second-order valence-corrected chi connectivity index (χ2v) is 5.87. The Labute approximate surface area is 98.4 Å². The Bertz CT molecular complexity index is 332. The minimum absolute atomic E-state index is 0.579. The molecule has 82 valence electrons. The predicted octanol–water partition coefficient (Wildman–Crippen LogP) is 2.36. The molecule has 2 heterocycles. The number of thiazole rings is 1. The highest BCUT2D eigenvalue weighted by Crippen LogP contribution is 2.19. The van der Waals surface area contributed by atoms with Gasteiger partial charge in [0.1, 0.15) is 0 Å². The summed E-state index contributed by atoms with van der Waals surface area (Å²) in [4.78, 5) is 9.79. The van der Waals surface area contributed by atoms with Gasteiger partial charge in [0.25, 0.3) is 0 Å². The van der Waals surface area contributed by atoms with Crippen LogP contribution in [0.4, 0.5) is 0 Å². The first kappa shape index (κ1) is 11.0. The first-order valence-corrected chi connectivity index (χ1v) is 6.93. The van der Waals surface area contributed by atoms with Crippen molar-refractivity contribution < 1.29 is 0 Å². The highest BCUT2D eigenvalue weighted by Gasteiger charge is 2.22. The number of thioether (sulfide) groups is 1. The summed E-state index contributed by atoms with van der Waals surface area (Å²) in [5.74, 6) is 1.81. The van der Waals surface area contributed by atoms with Crippen LogP contribution in [0.5, 0.6) is 0 Å². The van der Waals surface area contributed by atoms with Gasteiger partial charge in [0, 0.05) is 22.9 Å². The van der Waals surface area contributed by atoms with Gasteiger partial charge in [0.2, 0.25) is 0 Å². The van der Waals surface area contributed by atoms with Crippen LogP contribution in [0.3, 0.4) is 0 Å². The van der Waals surface area contributed by atoms with Crippen LogP contribution >= 0.6 is 23.1 Å². The molecule has 0 amide bonds. The molecule has 1 saturated heterocycles. The van der Waals surface area contributed by atoms with Crippen LogP contribution in [0, 0.1) is 5.92 Å². The molecular weight excluding hydrogens is 226 g/mol. The number of aromatic nitrogens is 1. The third-order valence-corrected chi connectivity index (χ3v) is 4.19. The average molecular weight is 241 g/mol. The minimum Gasteiger partial charge on any atom is -0.361 e. The van der Waals surface area contributed by atoms with Crippen molar-refractivity contribution in [1.82, 2.24) is 10.3 Å². The molecule has 1 atom stereocenters. The number of aliphatic imine (C=N–C) groups is 1. The van der Waals surface area contributed by atoms with Crippen molar-refractivity contribution in [3.05, 3.63) is 16.6 Å². The van der Waals surface area contributed by atoms with E-state index < -0.39 is 0 Å². The monoisotopic (exact) mass is 241 g/mol. The van der Waals surface area contributed by atoms with Gasteiger partial charge in [-0.2, -0.15) is 0 Å². The van der Waals surface area contributed by atoms with E-state index in [4.69, 9.17) is 0 Å². The lowest BCUT2D eigenvalue weighted by Crippen LogP contribution is -2.31. The van der Waals surface area contributed by atoms with Gasteiger partial charge in [-0.1, -0.05) is 25.6 Å². The molecule has 2 rings (SSSR count). The molecule has 1 fully saturated rings. The molecule has 1 N–H and O–H groups in total. The number of amidine groups is 1. The molecule has 3 nitrogen and oxygen atoms in total. The van der Waals surface area contributed by atoms with Gasteiger partial charge in [0.15, 0.2) is 5.17 Å². The van der Waals surface area contributed by atoms with Crippen LogP contribution in [-0.2, 0) is 6.54 Å². The van der Waals surface area contributed by atoms with E-state index in [2.05, 4.69) is 29.1 Å². The minimum atomic E-state index is 0.579. The van der Waals surface area contributed by atoms with E-state index >= 15 is 0 Å². The van der Waals surface area contributed by atoms with Crippen molar-refractivity contribution in [3.63, 3.8) is 0 Å². The van der Waals surface area contributed by atoms with Gasteiger partial charge >= 0.3 is 0 Å². The third-order valence-electron chi connectivity index (χ3n) is 2.38. The van der Waals surface area contributed by atoms with Gasteiger partial charge in [-0.05, 0) is 5.92 Å². The summed E-state index contributed by atoms with van der Waals surface area (Å²) in [6.07, 6.45) is 1.88. The number of hydrogen-bond acceptors (Lipinski definition) is 4. The summed E-state index contributed by atoms with van der Waals surface area (Å²) in [5.41, 5.74) is 1.85. The summed E-state index contributed by atoms with van der Waals surface area (Å²) >= 11 is 3.48. The number of nitrogens with one attached hydrogen (secondary N) is 1. The number of rotatable bonds is 3. The average Bonchev–Trinajstić information content (AvgIpc) is 2.86. The molecule has 0 unspecified atom stereocenters. The van der Waals surface area contributed by atoms with Crippen molar-refractivity contribution >= 4 is 28.3 Å². The summed E-state index contributed by atoms with van der Waals surface area (Å²) in [6, 6.07) is 0.579. The largest absolute Gasteiger partial charge is 0.361 e. The summed E-state index contributed by atoms with van der Waals surface area (Å²) in [6.45, 7) is 5.24. The molecular formula is C10H15N3S2. The van der Waals surface area contributed by atoms with E-state index in [1.54, 1.807) is 11.3 Å². The SMILES string of the molecule is CC(C)[C@H]1CSC(=NCc2cncs2)N1. The van der Waals surface area contributed by atoms with E-state index in [0.29, 0.717) is 12.0 Å². The van der Waals surface area contributed by atoms with Gasteiger partial charge in [-0.15, -0.1) is 11.3 Å². The van der Waals surface area contributed by atoms with Gasteiger partial charge in [-0.3, -0.25) is 9.98 Å². The van der Waals surface area contributed by atoms with Crippen molar-refractivity contribution in [2.24, 2.45) is 10.9 Å². The zero-order valence-corrected chi connectivity index (χ0v) is 10.6. The number of hydrogen-bond donors (Lipinski definition) is 1. The van der Waals surface area contributed by atoms with E-state index in [-0.39, 0.29) is 0 Å². The first-order chi connectivity index (χ1) is 7.25. The Morgan fingerprint density at radius 1 is 1.67 bits per heavy atom.